The van der Waals surface area contributed by atoms with E-state index in [0.717, 1.165) is 17.9 Å². The molecule has 1 aromatic rings. The molecule has 3 rings (SSSR count). The van der Waals surface area contributed by atoms with Crippen molar-refractivity contribution in [3.8, 4) is 0 Å². The van der Waals surface area contributed by atoms with E-state index >= 15 is 0 Å². The van der Waals surface area contributed by atoms with Crippen LogP contribution >= 0.6 is 0 Å². The monoisotopic (exact) mass is 261 g/mol. The maximum Gasteiger partial charge on any atom is 0.0693 e. The first-order valence-corrected chi connectivity index (χ1v) is 7.21. The molecular formula is C16H23NO2. The van der Waals surface area contributed by atoms with Crippen molar-refractivity contribution in [2.75, 3.05) is 11.9 Å². The fourth-order valence-electron chi connectivity index (χ4n) is 3.75. The molecule has 0 amide bonds. The number of anilines is 1. The average Bonchev–Trinajstić information content (AvgIpc) is 2.45. The minimum Gasteiger partial charge on any atom is -0.392 e. The van der Waals surface area contributed by atoms with Gasteiger partial charge in [0, 0.05) is 29.7 Å². The van der Waals surface area contributed by atoms with Crippen LogP contribution in [0.25, 0.3) is 0 Å². The second-order valence-corrected chi connectivity index (χ2v) is 6.40. The smallest absolute Gasteiger partial charge is 0.0693 e. The van der Waals surface area contributed by atoms with E-state index in [0.29, 0.717) is 18.1 Å². The number of hydrogen-bond donors (Lipinski definition) is 2. The highest BCUT2D eigenvalue weighted by molar-refractivity contribution is 5.48. The molecule has 1 heterocycles. The predicted octanol–water partition coefficient (Wildman–Crippen LogP) is 2.79. The average molecular weight is 261 g/mol. The zero-order valence-corrected chi connectivity index (χ0v) is 11.7. The van der Waals surface area contributed by atoms with Crippen molar-refractivity contribution in [1.29, 1.82) is 0 Å². The maximum absolute atomic E-state index is 9.21. The molecule has 1 aliphatic carbocycles. The molecule has 1 saturated carbocycles. The van der Waals surface area contributed by atoms with Crippen LogP contribution < -0.4 is 5.32 Å². The number of rotatable bonds is 3. The molecule has 2 fully saturated rings. The second-order valence-electron chi connectivity index (χ2n) is 6.40. The zero-order valence-electron chi connectivity index (χ0n) is 11.7. The summed E-state index contributed by atoms with van der Waals surface area (Å²) in [7, 11) is 0. The third kappa shape index (κ3) is 2.15. The minimum atomic E-state index is 0.0960. The molecule has 3 heteroatoms. The van der Waals surface area contributed by atoms with Gasteiger partial charge in [0.2, 0.25) is 0 Å². The first-order chi connectivity index (χ1) is 9.13. The fraction of sp³-hybridized carbons (Fsp3) is 0.625. The zero-order chi connectivity index (χ0) is 13.5. The summed E-state index contributed by atoms with van der Waals surface area (Å²) in [5.74, 6) is 0.626. The maximum atomic E-state index is 9.21. The topological polar surface area (TPSA) is 41.5 Å². The summed E-state index contributed by atoms with van der Waals surface area (Å²) in [5, 5.41) is 12.9. The third-order valence-electron chi connectivity index (χ3n) is 4.76. The summed E-state index contributed by atoms with van der Waals surface area (Å²) < 4.78 is 5.92. The van der Waals surface area contributed by atoms with Crippen LogP contribution in [0.2, 0.25) is 0 Å². The molecule has 19 heavy (non-hydrogen) atoms. The van der Waals surface area contributed by atoms with Crippen LogP contribution in [-0.2, 0) is 11.3 Å². The Hall–Kier alpha value is -1.06. The van der Waals surface area contributed by atoms with Crippen molar-refractivity contribution >= 4 is 5.69 Å². The lowest BCUT2D eigenvalue weighted by atomic mass is 9.55. The summed E-state index contributed by atoms with van der Waals surface area (Å²) in [4.78, 5) is 0. The summed E-state index contributed by atoms with van der Waals surface area (Å²) in [6.45, 7) is 5.58. The van der Waals surface area contributed by atoms with Gasteiger partial charge in [-0.3, -0.25) is 0 Å². The molecule has 1 aliphatic heterocycles. The van der Waals surface area contributed by atoms with E-state index in [1.54, 1.807) is 0 Å². The van der Waals surface area contributed by atoms with Crippen molar-refractivity contribution in [3.63, 3.8) is 0 Å². The number of nitrogens with one attached hydrogen (secondary N) is 1. The number of benzene rings is 1. The third-order valence-corrected chi connectivity index (χ3v) is 4.76. The van der Waals surface area contributed by atoms with Gasteiger partial charge in [0.25, 0.3) is 0 Å². The molecule has 0 radical (unpaired) electrons. The van der Waals surface area contributed by atoms with Gasteiger partial charge in [-0.25, -0.2) is 0 Å². The Morgan fingerprint density at radius 3 is 3.05 bits per heavy atom. The van der Waals surface area contributed by atoms with Crippen LogP contribution in [0.1, 0.15) is 32.3 Å². The fourth-order valence-corrected chi connectivity index (χ4v) is 3.75. The molecule has 1 saturated heterocycles. The van der Waals surface area contributed by atoms with Crippen molar-refractivity contribution in [2.24, 2.45) is 11.3 Å². The van der Waals surface area contributed by atoms with E-state index in [1.807, 2.05) is 18.2 Å². The standard InChI is InChI=1S/C16H23NO2/c1-16(2)14(13-7-4-8-19-15(13)16)17-12-6-3-5-11(9-12)10-18/h3,5-6,9,13-15,17-18H,4,7-8,10H2,1-2H3. The van der Waals surface area contributed by atoms with E-state index < -0.39 is 0 Å². The Balaban J connectivity index is 1.75. The van der Waals surface area contributed by atoms with E-state index in [-0.39, 0.29) is 12.0 Å². The summed E-state index contributed by atoms with van der Waals surface area (Å²) in [6, 6.07) is 8.52. The highest BCUT2D eigenvalue weighted by Gasteiger charge is 2.57. The molecule has 0 bridgehead atoms. The molecule has 2 aliphatic rings. The summed E-state index contributed by atoms with van der Waals surface area (Å²) in [5.41, 5.74) is 2.24. The second kappa shape index (κ2) is 4.80. The van der Waals surface area contributed by atoms with Gasteiger partial charge in [0.15, 0.2) is 0 Å². The predicted molar refractivity (Wildman–Crippen MR) is 76.0 cm³/mol. The number of fused-ring (bicyclic) bond motifs is 1. The lowest BCUT2D eigenvalue weighted by Gasteiger charge is -2.60. The quantitative estimate of drug-likeness (QED) is 0.879. The highest BCUT2D eigenvalue weighted by atomic mass is 16.5. The molecule has 3 nitrogen and oxygen atoms in total. The van der Waals surface area contributed by atoms with Crippen LogP contribution in [0.15, 0.2) is 24.3 Å². The van der Waals surface area contributed by atoms with Crippen molar-refractivity contribution in [2.45, 2.75) is 45.4 Å². The molecule has 104 valence electrons. The van der Waals surface area contributed by atoms with Gasteiger partial charge < -0.3 is 15.2 Å². The number of aliphatic hydroxyl groups excluding tert-OH is 1. The van der Waals surface area contributed by atoms with Crippen molar-refractivity contribution in [1.82, 2.24) is 0 Å². The van der Waals surface area contributed by atoms with Crippen LogP contribution in [0.3, 0.4) is 0 Å². The Bertz CT molecular complexity index is 458. The summed E-state index contributed by atoms with van der Waals surface area (Å²) >= 11 is 0. The van der Waals surface area contributed by atoms with E-state index in [2.05, 4.69) is 25.2 Å². The number of hydrogen-bond acceptors (Lipinski definition) is 3. The largest absolute Gasteiger partial charge is 0.392 e. The Labute approximate surface area is 115 Å². The SMILES string of the molecule is CC1(C)C(Nc2cccc(CO)c2)C2CCCOC21. The first-order valence-electron chi connectivity index (χ1n) is 7.21. The van der Waals surface area contributed by atoms with Gasteiger partial charge >= 0.3 is 0 Å². The van der Waals surface area contributed by atoms with Gasteiger partial charge in [0.1, 0.15) is 0 Å². The van der Waals surface area contributed by atoms with E-state index in [9.17, 15) is 5.11 Å². The van der Waals surface area contributed by atoms with E-state index in [1.165, 1.54) is 12.8 Å². The summed E-state index contributed by atoms with van der Waals surface area (Å²) in [6.07, 6.45) is 2.83. The van der Waals surface area contributed by atoms with Gasteiger partial charge in [-0.05, 0) is 30.5 Å². The molecule has 3 atom stereocenters. The highest BCUT2D eigenvalue weighted by Crippen LogP contribution is 2.52. The Morgan fingerprint density at radius 2 is 2.26 bits per heavy atom. The lowest BCUT2D eigenvalue weighted by molar-refractivity contribution is -0.177. The molecule has 0 spiro atoms. The Morgan fingerprint density at radius 1 is 1.42 bits per heavy atom. The van der Waals surface area contributed by atoms with E-state index in [4.69, 9.17) is 4.74 Å². The van der Waals surface area contributed by atoms with Crippen LogP contribution in [-0.4, -0.2) is 23.9 Å². The van der Waals surface area contributed by atoms with Gasteiger partial charge in [-0.15, -0.1) is 0 Å². The first kappa shape index (κ1) is 12.9. The molecular weight excluding hydrogens is 238 g/mol. The molecule has 3 unspecified atom stereocenters. The number of ether oxygens (including phenoxy) is 1. The van der Waals surface area contributed by atoms with Gasteiger partial charge in [-0.1, -0.05) is 26.0 Å². The van der Waals surface area contributed by atoms with Crippen LogP contribution in [0, 0.1) is 11.3 Å². The number of aliphatic hydroxyl groups is 1. The lowest BCUT2D eigenvalue weighted by Crippen LogP contribution is -2.67. The molecule has 1 aromatic carbocycles. The Kier molecular flexibility index (Phi) is 3.27. The molecule has 2 N–H and O–H groups in total. The van der Waals surface area contributed by atoms with Crippen LogP contribution in [0.4, 0.5) is 5.69 Å². The van der Waals surface area contributed by atoms with Crippen molar-refractivity contribution < 1.29 is 9.84 Å². The van der Waals surface area contributed by atoms with Gasteiger partial charge in [0.05, 0.1) is 12.7 Å². The van der Waals surface area contributed by atoms with Crippen molar-refractivity contribution in [3.05, 3.63) is 29.8 Å². The van der Waals surface area contributed by atoms with Gasteiger partial charge in [-0.2, -0.15) is 0 Å². The van der Waals surface area contributed by atoms with Crippen LogP contribution in [0.5, 0.6) is 0 Å². The molecule has 0 aromatic heterocycles. The minimum absolute atomic E-state index is 0.0960. The normalized spacial score (nSPS) is 32.3.